The van der Waals surface area contributed by atoms with Gasteiger partial charge in [0.15, 0.2) is 0 Å². The summed E-state index contributed by atoms with van der Waals surface area (Å²) in [7, 11) is 0. The summed E-state index contributed by atoms with van der Waals surface area (Å²) in [4.78, 5) is 0. The Hall–Kier alpha value is -1.02. The first-order valence-corrected chi connectivity index (χ1v) is 6.76. The van der Waals surface area contributed by atoms with Crippen LogP contribution in [0, 0.1) is 0 Å². The van der Waals surface area contributed by atoms with Crippen molar-refractivity contribution in [2.75, 3.05) is 13.2 Å². The SMILES string of the molecule is CC(C)(C)[NH2+]CCOc1ccc(C(C)(C)C)cc1. The fourth-order valence-corrected chi connectivity index (χ4v) is 1.72. The molecule has 0 fully saturated rings. The second kappa shape index (κ2) is 5.75. The van der Waals surface area contributed by atoms with E-state index in [0.717, 1.165) is 18.9 Å². The van der Waals surface area contributed by atoms with Crippen LogP contribution in [0.1, 0.15) is 47.1 Å². The number of quaternary nitrogens is 1. The van der Waals surface area contributed by atoms with Gasteiger partial charge in [-0.15, -0.1) is 0 Å². The van der Waals surface area contributed by atoms with Crippen LogP contribution in [0.3, 0.4) is 0 Å². The topological polar surface area (TPSA) is 25.8 Å². The lowest BCUT2D eigenvalue weighted by atomic mass is 9.87. The summed E-state index contributed by atoms with van der Waals surface area (Å²) >= 11 is 0. The van der Waals surface area contributed by atoms with E-state index in [-0.39, 0.29) is 11.0 Å². The molecule has 0 spiro atoms. The zero-order chi connectivity index (χ0) is 13.8. The van der Waals surface area contributed by atoms with E-state index in [0.29, 0.717) is 0 Å². The first-order chi connectivity index (χ1) is 8.18. The Balaban J connectivity index is 2.41. The first-order valence-electron chi connectivity index (χ1n) is 6.76. The maximum Gasteiger partial charge on any atom is 0.137 e. The molecule has 0 amide bonds. The van der Waals surface area contributed by atoms with Gasteiger partial charge in [-0.05, 0) is 43.9 Å². The molecule has 2 heteroatoms. The summed E-state index contributed by atoms with van der Waals surface area (Å²) in [5, 5.41) is 2.30. The number of benzene rings is 1. The number of hydrogen-bond donors (Lipinski definition) is 1. The molecule has 0 aliphatic rings. The smallest absolute Gasteiger partial charge is 0.137 e. The maximum absolute atomic E-state index is 5.74. The third-order valence-corrected chi connectivity index (χ3v) is 2.86. The van der Waals surface area contributed by atoms with Crippen molar-refractivity contribution in [1.29, 1.82) is 0 Å². The van der Waals surface area contributed by atoms with E-state index in [1.54, 1.807) is 0 Å². The van der Waals surface area contributed by atoms with Crippen molar-refractivity contribution in [2.45, 2.75) is 52.5 Å². The van der Waals surface area contributed by atoms with Crippen molar-refractivity contribution in [3.05, 3.63) is 29.8 Å². The van der Waals surface area contributed by atoms with E-state index < -0.39 is 0 Å². The highest BCUT2D eigenvalue weighted by atomic mass is 16.5. The van der Waals surface area contributed by atoms with E-state index in [1.165, 1.54) is 5.56 Å². The second-order valence-electron chi connectivity index (χ2n) is 6.98. The van der Waals surface area contributed by atoms with Crippen molar-refractivity contribution in [2.24, 2.45) is 0 Å². The van der Waals surface area contributed by atoms with Crippen molar-refractivity contribution >= 4 is 0 Å². The van der Waals surface area contributed by atoms with Crippen molar-refractivity contribution in [3.63, 3.8) is 0 Å². The summed E-state index contributed by atoms with van der Waals surface area (Å²) in [5.41, 5.74) is 1.83. The highest BCUT2D eigenvalue weighted by Crippen LogP contribution is 2.24. The van der Waals surface area contributed by atoms with Gasteiger partial charge in [-0.3, -0.25) is 0 Å². The van der Waals surface area contributed by atoms with E-state index in [2.05, 4.69) is 71.1 Å². The van der Waals surface area contributed by atoms with E-state index in [1.807, 2.05) is 0 Å². The van der Waals surface area contributed by atoms with Gasteiger partial charge in [-0.25, -0.2) is 0 Å². The minimum Gasteiger partial charge on any atom is -0.488 e. The van der Waals surface area contributed by atoms with E-state index >= 15 is 0 Å². The number of rotatable bonds is 4. The van der Waals surface area contributed by atoms with Crippen LogP contribution in [0.4, 0.5) is 0 Å². The van der Waals surface area contributed by atoms with Crippen LogP contribution in [-0.4, -0.2) is 18.7 Å². The van der Waals surface area contributed by atoms with Crippen molar-refractivity contribution in [1.82, 2.24) is 0 Å². The molecule has 0 aromatic heterocycles. The Labute approximate surface area is 112 Å². The molecular formula is C16H28NO+. The summed E-state index contributed by atoms with van der Waals surface area (Å²) in [6, 6.07) is 8.45. The van der Waals surface area contributed by atoms with Gasteiger partial charge >= 0.3 is 0 Å². The van der Waals surface area contributed by atoms with E-state index in [9.17, 15) is 0 Å². The first kappa shape index (κ1) is 15.0. The Morgan fingerprint density at radius 3 is 1.94 bits per heavy atom. The highest BCUT2D eigenvalue weighted by Gasteiger charge is 2.13. The van der Waals surface area contributed by atoms with Crippen LogP contribution in [0.5, 0.6) is 5.75 Å². The fourth-order valence-electron chi connectivity index (χ4n) is 1.72. The Bertz CT molecular complexity index is 354. The van der Waals surface area contributed by atoms with Crippen molar-refractivity contribution < 1.29 is 10.1 Å². The van der Waals surface area contributed by atoms with Gasteiger partial charge in [0, 0.05) is 0 Å². The lowest BCUT2D eigenvalue weighted by Crippen LogP contribution is -2.95. The molecule has 1 aromatic carbocycles. The normalized spacial score (nSPS) is 12.6. The van der Waals surface area contributed by atoms with E-state index in [4.69, 9.17) is 4.74 Å². The van der Waals surface area contributed by atoms with Gasteiger partial charge in [0.05, 0.1) is 5.54 Å². The predicted molar refractivity (Wildman–Crippen MR) is 77.2 cm³/mol. The van der Waals surface area contributed by atoms with Crippen LogP contribution in [0.2, 0.25) is 0 Å². The zero-order valence-electron chi connectivity index (χ0n) is 12.7. The molecule has 1 rings (SSSR count). The van der Waals surface area contributed by atoms with Crippen LogP contribution in [0.25, 0.3) is 0 Å². The summed E-state index contributed by atoms with van der Waals surface area (Å²) in [6.07, 6.45) is 0. The molecule has 0 aliphatic carbocycles. The Morgan fingerprint density at radius 1 is 0.944 bits per heavy atom. The molecule has 0 radical (unpaired) electrons. The molecule has 1 aromatic rings. The standard InChI is InChI=1S/C16H27NO/c1-15(2,3)13-7-9-14(10-8-13)18-12-11-17-16(4,5)6/h7-10,17H,11-12H2,1-6H3/p+1. The molecule has 0 unspecified atom stereocenters. The molecule has 0 saturated heterocycles. The lowest BCUT2D eigenvalue weighted by molar-refractivity contribution is -0.717. The number of nitrogens with two attached hydrogens (primary N) is 1. The van der Waals surface area contributed by atoms with Crippen molar-refractivity contribution in [3.8, 4) is 5.75 Å². The Morgan fingerprint density at radius 2 is 1.50 bits per heavy atom. The summed E-state index contributed by atoms with van der Waals surface area (Å²) in [5.74, 6) is 0.963. The predicted octanol–water partition coefficient (Wildman–Crippen LogP) is 2.72. The van der Waals surface area contributed by atoms with Gasteiger partial charge in [0.25, 0.3) is 0 Å². The summed E-state index contributed by atoms with van der Waals surface area (Å²) < 4.78 is 5.74. The van der Waals surface area contributed by atoms with Gasteiger partial charge in [-0.2, -0.15) is 0 Å². The molecular weight excluding hydrogens is 222 g/mol. The molecule has 18 heavy (non-hydrogen) atoms. The number of hydrogen-bond acceptors (Lipinski definition) is 1. The Kier molecular flexibility index (Phi) is 4.80. The summed E-state index contributed by atoms with van der Waals surface area (Å²) in [6.45, 7) is 15.1. The van der Waals surface area contributed by atoms with Gasteiger partial charge < -0.3 is 10.1 Å². The van der Waals surface area contributed by atoms with Crippen LogP contribution in [-0.2, 0) is 5.41 Å². The third kappa shape index (κ3) is 5.54. The molecule has 0 atom stereocenters. The molecule has 102 valence electrons. The molecule has 0 saturated carbocycles. The highest BCUT2D eigenvalue weighted by molar-refractivity contribution is 5.31. The van der Waals surface area contributed by atoms with Crippen LogP contribution >= 0.6 is 0 Å². The molecule has 0 bridgehead atoms. The van der Waals surface area contributed by atoms with Crippen LogP contribution in [0.15, 0.2) is 24.3 Å². The monoisotopic (exact) mass is 250 g/mol. The molecule has 2 nitrogen and oxygen atoms in total. The molecule has 2 N–H and O–H groups in total. The van der Waals surface area contributed by atoms with Crippen LogP contribution < -0.4 is 10.1 Å². The third-order valence-electron chi connectivity index (χ3n) is 2.86. The minimum absolute atomic E-state index is 0.207. The number of ether oxygens (including phenoxy) is 1. The van der Waals surface area contributed by atoms with Gasteiger partial charge in [-0.1, -0.05) is 32.9 Å². The minimum atomic E-state index is 0.207. The van der Waals surface area contributed by atoms with Gasteiger partial charge in [0.2, 0.25) is 0 Å². The zero-order valence-corrected chi connectivity index (χ0v) is 12.7. The largest absolute Gasteiger partial charge is 0.488 e. The molecule has 0 heterocycles. The quantitative estimate of drug-likeness (QED) is 0.817. The maximum atomic E-state index is 5.74. The van der Waals surface area contributed by atoms with Gasteiger partial charge in [0.1, 0.15) is 18.9 Å². The average Bonchev–Trinajstić information content (AvgIpc) is 2.22. The molecule has 0 aliphatic heterocycles. The average molecular weight is 250 g/mol. The fraction of sp³-hybridized carbons (Fsp3) is 0.625. The lowest BCUT2D eigenvalue weighted by Gasteiger charge is -2.19. The second-order valence-corrected chi connectivity index (χ2v) is 6.98.